The Hall–Kier alpha value is -2.25. The Bertz CT molecular complexity index is 619. The van der Waals surface area contributed by atoms with E-state index in [0.717, 1.165) is 6.08 Å². The summed E-state index contributed by atoms with van der Waals surface area (Å²) in [6, 6.07) is 4.81. The molecule has 2 amide bonds. The quantitative estimate of drug-likeness (QED) is 0.391. The van der Waals surface area contributed by atoms with E-state index in [9.17, 15) is 14.4 Å². The van der Waals surface area contributed by atoms with Crippen molar-refractivity contribution in [1.82, 2.24) is 10.9 Å². The number of carbonyl (C=O) groups is 3. The van der Waals surface area contributed by atoms with E-state index in [4.69, 9.17) is 33.0 Å². The fraction of sp³-hybridized carbons (Fsp3) is 0.214. The summed E-state index contributed by atoms with van der Waals surface area (Å²) >= 11 is 11.7. The van der Waals surface area contributed by atoms with Gasteiger partial charge in [0.1, 0.15) is 5.75 Å². The molecule has 0 saturated carbocycles. The van der Waals surface area contributed by atoms with E-state index in [1.165, 1.54) is 0 Å². The number of carboxylic acids is 1. The summed E-state index contributed by atoms with van der Waals surface area (Å²) in [6.45, 7) is 0.252. The van der Waals surface area contributed by atoms with Gasteiger partial charge in [-0.15, -0.1) is 0 Å². The Morgan fingerprint density at radius 2 is 1.91 bits per heavy atom. The highest BCUT2D eigenvalue weighted by Crippen LogP contribution is 2.27. The molecule has 0 spiro atoms. The van der Waals surface area contributed by atoms with Crippen molar-refractivity contribution in [3.63, 3.8) is 0 Å². The highest BCUT2D eigenvalue weighted by atomic mass is 35.5. The first kappa shape index (κ1) is 18.8. The fourth-order valence-electron chi connectivity index (χ4n) is 1.39. The average Bonchev–Trinajstić information content (AvgIpc) is 2.49. The van der Waals surface area contributed by atoms with Crippen LogP contribution in [-0.4, -0.2) is 29.5 Å². The van der Waals surface area contributed by atoms with Crippen LogP contribution in [0.2, 0.25) is 10.0 Å². The van der Waals surface area contributed by atoms with Crippen molar-refractivity contribution in [1.29, 1.82) is 0 Å². The van der Waals surface area contributed by atoms with Crippen molar-refractivity contribution in [3.8, 4) is 5.75 Å². The van der Waals surface area contributed by atoms with Crippen LogP contribution in [-0.2, 0) is 14.4 Å². The van der Waals surface area contributed by atoms with E-state index < -0.39 is 17.8 Å². The van der Waals surface area contributed by atoms with Crippen LogP contribution >= 0.6 is 23.2 Å². The van der Waals surface area contributed by atoms with E-state index in [1.807, 2.05) is 5.43 Å². The van der Waals surface area contributed by atoms with Crippen LogP contribution in [0, 0.1) is 0 Å². The Kier molecular flexibility index (Phi) is 7.93. The number of benzene rings is 1. The Morgan fingerprint density at radius 1 is 1.17 bits per heavy atom. The molecule has 0 fully saturated rings. The molecule has 124 valence electrons. The Balaban J connectivity index is 2.21. The van der Waals surface area contributed by atoms with Gasteiger partial charge in [-0.1, -0.05) is 23.2 Å². The number of halogens is 2. The number of carbonyl (C=O) groups excluding carboxylic acids is 2. The van der Waals surface area contributed by atoms with Gasteiger partial charge in [0.05, 0.1) is 11.6 Å². The molecule has 1 aromatic carbocycles. The molecule has 0 aromatic heterocycles. The number of nitrogens with one attached hydrogen (secondary N) is 2. The third kappa shape index (κ3) is 8.08. The molecule has 0 aliphatic carbocycles. The molecular formula is C14H14Cl2N2O5. The van der Waals surface area contributed by atoms with Gasteiger partial charge in [0.15, 0.2) is 0 Å². The molecule has 0 aliphatic heterocycles. The average molecular weight is 361 g/mol. The molecule has 0 radical (unpaired) electrons. The predicted molar refractivity (Wildman–Crippen MR) is 84.3 cm³/mol. The SMILES string of the molecule is O=C(O)/C=C/C(=O)NNC(=O)CCCOc1ccc(Cl)cc1Cl. The molecular weight excluding hydrogens is 347 g/mol. The molecule has 0 saturated heterocycles. The van der Waals surface area contributed by atoms with Crippen molar-refractivity contribution in [2.45, 2.75) is 12.8 Å². The van der Waals surface area contributed by atoms with Crippen LogP contribution in [0.15, 0.2) is 30.4 Å². The standard InChI is InChI=1S/C14H14Cl2N2O5/c15-9-3-4-11(10(16)8-9)23-7-1-2-12(19)17-18-13(20)5-6-14(21)22/h3-6,8H,1-2,7H2,(H,17,19)(H,18,20)(H,21,22)/b6-5+. The highest BCUT2D eigenvalue weighted by Gasteiger charge is 2.05. The zero-order valence-corrected chi connectivity index (χ0v) is 13.4. The summed E-state index contributed by atoms with van der Waals surface area (Å²) in [5.41, 5.74) is 4.19. The summed E-state index contributed by atoms with van der Waals surface area (Å²) in [5.74, 6) is -1.98. The first-order valence-electron chi connectivity index (χ1n) is 6.46. The van der Waals surface area contributed by atoms with Crippen LogP contribution in [0.25, 0.3) is 0 Å². The summed E-state index contributed by atoms with van der Waals surface area (Å²) in [4.78, 5) is 32.7. The van der Waals surface area contributed by atoms with Gasteiger partial charge in [0, 0.05) is 23.6 Å². The van der Waals surface area contributed by atoms with Gasteiger partial charge < -0.3 is 9.84 Å². The van der Waals surface area contributed by atoms with Crippen molar-refractivity contribution in [2.75, 3.05) is 6.61 Å². The smallest absolute Gasteiger partial charge is 0.328 e. The Labute approximate surface area is 142 Å². The minimum atomic E-state index is -1.26. The largest absolute Gasteiger partial charge is 0.492 e. The molecule has 0 atom stereocenters. The third-order valence-electron chi connectivity index (χ3n) is 2.40. The summed E-state index contributed by atoms with van der Waals surface area (Å²) < 4.78 is 5.40. The lowest BCUT2D eigenvalue weighted by Crippen LogP contribution is -2.40. The summed E-state index contributed by atoms with van der Waals surface area (Å²) in [5, 5.41) is 9.20. The van der Waals surface area contributed by atoms with Crippen LogP contribution in [0.4, 0.5) is 0 Å². The number of aliphatic carboxylic acids is 1. The fourth-order valence-corrected chi connectivity index (χ4v) is 1.85. The molecule has 1 rings (SSSR count). The summed E-state index contributed by atoms with van der Waals surface area (Å²) in [7, 11) is 0. The summed E-state index contributed by atoms with van der Waals surface area (Å²) in [6.07, 6.45) is 1.94. The minimum Gasteiger partial charge on any atom is -0.492 e. The lowest BCUT2D eigenvalue weighted by atomic mass is 10.3. The van der Waals surface area contributed by atoms with Crippen molar-refractivity contribution >= 4 is 41.0 Å². The van der Waals surface area contributed by atoms with Crippen molar-refractivity contribution < 1.29 is 24.2 Å². The van der Waals surface area contributed by atoms with Gasteiger partial charge in [-0.3, -0.25) is 20.4 Å². The maximum atomic E-state index is 11.4. The molecule has 0 unspecified atom stereocenters. The molecule has 0 bridgehead atoms. The van der Waals surface area contributed by atoms with Gasteiger partial charge >= 0.3 is 5.97 Å². The lowest BCUT2D eigenvalue weighted by Gasteiger charge is -2.08. The number of rotatable bonds is 7. The first-order valence-corrected chi connectivity index (χ1v) is 7.21. The number of ether oxygens (including phenoxy) is 1. The lowest BCUT2D eigenvalue weighted by molar-refractivity contribution is -0.131. The predicted octanol–water partition coefficient (Wildman–Crippen LogP) is 1.94. The molecule has 7 nitrogen and oxygen atoms in total. The van der Waals surface area contributed by atoms with E-state index in [1.54, 1.807) is 18.2 Å². The molecule has 0 heterocycles. The van der Waals surface area contributed by atoms with E-state index in [-0.39, 0.29) is 13.0 Å². The highest BCUT2D eigenvalue weighted by molar-refractivity contribution is 6.35. The van der Waals surface area contributed by atoms with Crippen LogP contribution in [0.3, 0.4) is 0 Å². The Morgan fingerprint density at radius 3 is 2.57 bits per heavy atom. The van der Waals surface area contributed by atoms with Gasteiger partial charge in [0.2, 0.25) is 5.91 Å². The van der Waals surface area contributed by atoms with Gasteiger partial charge in [-0.05, 0) is 24.6 Å². The maximum Gasteiger partial charge on any atom is 0.328 e. The van der Waals surface area contributed by atoms with E-state index >= 15 is 0 Å². The number of amides is 2. The molecule has 1 aromatic rings. The molecule has 23 heavy (non-hydrogen) atoms. The van der Waals surface area contributed by atoms with Crippen LogP contribution in [0.5, 0.6) is 5.75 Å². The van der Waals surface area contributed by atoms with Crippen molar-refractivity contribution in [2.24, 2.45) is 0 Å². The molecule has 0 aliphatic rings. The van der Waals surface area contributed by atoms with Gasteiger partial charge in [-0.25, -0.2) is 4.79 Å². The second kappa shape index (κ2) is 9.70. The maximum absolute atomic E-state index is 11.4. The molecule has 3 N–H and O–H groups in total. The monoisotopic (exact) mass is 360 g/mol. The van der Waals surface area contributed by atoms with Gasteiger partial charge in [-0.2, -0.15) is 0 Å². The van der Waals surface area contributed by atoms with Crippen molar-refractivity contribution in [3.05, 3.63) is 40.4 Å². The topological polar surface area (TPSA) is 105 Å². The normalized spacial score (nSPS) is 10.3. The zero-order valence-electron chi connectivity index (χ0n) is 11.8. The van der Waals surface area contributed by atoms with Gasteiger partial charge in [0.25, 0.3) is 5.91 Å². The van der Waals surface area contributed by atoms with Crippen LogP contribution in [0.1, 0.15) is 12.8 Å². The number of hydrogen-bond acceptors (Lipinski definition) is 4. The second-order valence-electron chi connectivity index (χ2n) is 4.24. The second-order valence-corrected chi connectivity index (χ2v) is 5.08. The van der Waals surface area contributed by atoms with E-state index in [0.29, 0.717) is 28.3 Å². The van der Waals surface area contributed by atoms with Crippen LogP contribution < -0.4 is 15.6 Å². The number of hydrazine groups is 1. The zero-order chi connectivity index (χ0) is 17.2. The van der Waals surface area contributed by atoms with E-state index in [2.05, 4.69) is 5.43 Å². The molecule has 9 heteroatoms. The number of hydrogen-bond donors (Lipinski definition) is 3. The minimum absolute atomic E-state index is 0.105. The number of carboxylic acid groups (broad SMARTS) is 1. The third-order valence-corrected chi connectivity index (χ3v) is 2.93. The first-order chi connectivity index (χ1) is 10.9.